The molecule has 0 aromatic heterocycles. The predicted octanol–water partition coefficient (Wildman–Crippen LogP) is 1.57. The number of amides is 1. The van der Waals surface area contributed by atoms with Crippen LogP contribution in [0, 0.1) is 5.82 Å². The highest BCUT2D eigenvalue weighted by atomic mass is 19.1. The highest BCUT2D eigenvalue weighted by Crippen LogP contribution is 2.29. The van der Waals surface area contributed by atoms with Gasteiger partial charge in [0.2, 0.25) is 0 Å². The summed E-state index contributed by atoms with van der Waals surface area (Å²) in [5.74, 6) is 0.940. The van der Waals surface area contributed by atoms with E-state index >= 15 is 0 Å². The van der Waals surface area contributed by atoms with Crippen LogP contribution >= 0.6 is 0 Å². The van der Waals surface area contributed by atoms with Gasteiger partial charge in [0, 0.05) is 17.4 Å². The number of carbonyl (C=O) groups is 1. The molecule has 0 unspecified atom stereocenters. The van der Waals surface area contributed by atoms with Crippen LogP contribution < -0.4 is 24.6 Å². The molecule has 28 heavy (non-hydrogen) atoms. The van der Waals surface area contributed by atoms with Crippen LogP contribution in [-0.2, 0) is 4.79 Å². The normalized spacial score (nSPS) is 15.8. The Morgan fingerprint density at radius 2 is 1.71 bits per heavy atom. The number of rotatable bonds is 6. The van der Waals surface area contributed by atoms with E-state index in [1.54, 1.807) is 44.6 Å². The summed E-state index contributed by atoms with van der Waals surface area (Å²) < 4.78 is 23.6. The number of methoxy groups -OCH3 is 2. The molecule has 0 bridgehead atoms. The summed E-state index contributed by atoms with van der Waals surface area (Å²) in [6.07, 6.45) is 0. The summed E-state index contributed by atoms with van der Waals surface area (Å²) in [5, 5.41) is 2.96. The van der Waals surface area contributed by atoms with Gasteiger partial charge in [0.15, 0.2) is 17.5 Å². The lowest BCUT2D eigenvalue weighted by molar-refractivity contribution is -0.914. The van der Waals surface area contributed by atoms with E-state index in [2.05, 4.69) is 10.2 Å². The van der Waals surface area contributed by atoms with Gasteiger partial charge in [-0.2, -0.15) is 0 Å². The Bertz CT molecular complexity index is 805. The zero-order valence-electron chi connectivity index (χ0n) is 16.5. The molecular formula is C21H27FN3O3+. The van der Waals surface area contributed by atoms with Gasteiger partial charge in [-0.3, -0.25) is 4.79 Å². The molecule has 1 aliphatic rings. The third-order valence-corrected chi connectivity index (χ3v) is 5.25. The van der Waals surface area contributed by atoms with E-state index in [9.17, 15) is 9.18 Å². The third-order valence-electron chi connectivity index (χ3n) is 5.25. The zero-order chi connectivity index (χ0) is 20.1. The molecule has 1 fully saturated rings. The van der Waals surface area contributed by atoms with Crippen molar-refractivity contribution in [1.29, 1.82) is 0 Å². The average Bonchev–Trinajstić information content (AvgIpc) is 2.73. The standard InChI is InChI=1S/C21H26FN3O3/c1-15(21(26)23-17-6-9-19(27-2)20(14-17)28-3)24-10-12-25(13-11-24)18-7-4-16(22)5-8-18/h4-9,14-15H,10-13H2,1-3H3,(H,23,26)/p+1/t15-/m0/s1. The minimum Gasteiger partial charge on any atom is -0.493 e. The Morgan fingerprint density at radius 3 is 2.32 bits per heavy atom. The van der Waals surface area contributed by atoms with Gasteiger partial charge in [0.05, 0.1) is 40.4 Å². The molecule has 2 aromatic carbocycles. The largest absolute Gasteiger partial charge is 0.493 e. The smallest absolute Gasteiger partial charge is 0.282 e. The molecule has 3 rings (SSSR count). The number of quaternary nitrogens is 1. The van der Waals surface area contributed by atoms with E-state index in [1.165, 1.54) is 17.0 Å². The van der Waals surface area contributed by atoms with Crippen LogP contribution in [0.15, 0.2) is 42.5 Å². The lowest BCUT2D eigenvalue weighted by Crippen LogP contribution is -3.19. The number of hydrogen-bond acceptors (Lipinski definition) is 4. The first-order chi connectivity index (χ1) is 13.5. The van der Waals surface area contributed by atoms with Crippen molar-refractivity contribution in [3.63, 3.8) is 0 Å². The molecule has 1 saturated heterocycles. The van der Waals surface area contributed by atoms with Crippen LogP contribution in [0.4, 0.5) is 15.8 Å². The molecule has 1 amide bonds. The highest BCUT2D eigenvalue weighted by Gasteiger charge is 2.29. The van der Waals surface area contributed by atoms with Crippen molar-refractivity contribution in [2.45, 2.75) is 13.0 Å². The molecule has 2 N–H and O–H groups in total. The molecular weight excluding hydrogens is 361 g/mol. The van der Waals surface area contributed by atoms with E-state index in [0.29, 0.717) is 17.2 Å². The molecule has 7 heteroatoms. The predicted molar refractivity (Wildman–Crippen MR) is 107 cm³/mol. The van der Waals surface area contributed by atoms with Gasteiger partial charge < -0.3 is 24.6 Å². The van der Waals surface area contributed by atoms with Crippen LogP contribution in [0.1, 0.15) is 6.92 Å². The number of nitrogens with zero attached hydrogens (tertiary/aromatic N) is 1. The fraction of sp³-hybridized carbons (Fsp3) is 0.381. The summed E-state index contributed by atoms with van der Waals surface area (Å²) >= 11 is 0. The second-order valence-corrected chi connectivity index (χ2v) is 6.90. The van der Waals surface area contributed by atoms with Crippen LogP contribution in [0.2, 0.25) is 0 Å². The summed E-state index contributed by atoms with van der Waals surface area (Å²) in [7, 11) is 3.14. The summed E-state index contributed by atoms with van der Waals surface area (Å²) in [6, 6.07) is 11.7. The summed E-state index contributed by atoms with van der Waals surface area (Å²) in [4.78, 5) is 16.2. The van der Waals surface area contributed by atoms with E-state index in [-0.39, 0.29) is 17.8 Å². The number of ether oxygens (including phenoxy) is 2. The van der Waals surface area contributed by atoms with Crippen molar-refractivity contribution < 1.29 is 23.6 Å². The fourth-order valence-corrected chi connectivity index (χ4v) is 3.49. The molecule has 6 nitrogen and oxygen atoms in total. The van der Waals surface area contributed by atoms with E-state index < -0.39 is 0 Å². The summed E-state index contributed by atoms with van der Waals surface area (Å²) in [6.45, 7) is 5.29. The second-order valence-electron chi connectivity index (χ2n) is 6.90. The maximum atomic E-state index is 13.1. The first-order valence-electron chi connectivity index (χ1n) is 9.40. The SMILES string of the molecule is COc1ccc(NC(=O)[C@H](C)[NH+]2CCN(c3ccc(F)cc3)CC2)cc1OC. The van der Waals surface area contributed by atoms with Gasteiger partial charge in [-0.15, -0.1) is 0 Å². The Kier molecular flexibility index (Phi) is 6.36. The molecule has 0 spiro atoms. The van der Waals surface area contributed by atoms with Crippen molar-refractivity contribution in [3.8, 4) is 11.5 Å². The Balaban J connectivity index is 1.56. The monoisotopic (exact) mass is 388 g/mol. The maximum absolute atomic E-state index is 13.1. The van der Waals surface area contributed by atoms with Crippen LogP contribution in [0.5, 0.6) is 11.5 Å². The molecule has 1 aliphatic heterocycles. The number of benzene rings is 2. The minimum atomic E-state index is -0.228. The molecule has 0 aliphatic carbocycles. The van der Waals surface area contributed by atoms with E-state index in [4.69, 9.17) is 9.47 Å². The zero-order valence-corrected chi connectivity index (χ0v) is 16.5. The van der Waals surface area contributed by atoms with Gasteiger partial charge >= 0.3 is 0 Å². The van der Waals surface area contributed by atoms with Crippen molar-refractivity contribution >= 4 is 17.3 Å². The number of hydrogen-bond donors (Lipinski definition) is 2. The fourth-order valence-electron chi connectivity index (χ4n) is 3.49. The van der Waals surface area contributed by atoms with Gasteiger partial charge in [0.1, 0.15) is 5.82 Å². The lowest BCUT2D eigenvalue weighted by atomic mass is 10.2. The van der Waals surface area contributed by atoms with Gasteiger partial charge in [-0.25, -0.2) is 4.39 Å². The second kappa shape index (κ2) is 8.93. The van der Waals surface area contributed by atoms with Crippen molar-refractivity contribution in [2.75, 3.05) is 50.6 Å². The molecule has 1 heterocycles. The van der Waals surface area contributed by atoms with Crippen molar-refractivity contribution in [2.24, 2.45) is 0 Å². The first kappa shape index (κ1) is 19.9. The van der Waals surface area contributed by atoms with Crippen LogP contribution in [0.25, 0.3) is 0 Å². The van der Waals surface area contributed by atoms with Gasteiger partial charge in [-0.05, 0) is 43.3 Å². The number of nitrogens with one attached hydrogen (secondary N) is 2. The van der Waals surface area contributed by atoms with Crippen LogP contribution in [0.3, 0.4) is 0 Å². The van der Waals surface area contributed by atoms with Crippen LogP contribution in [-0.4, -0.2) is 52.3 Å². The number of anilines is 2. The minimum absolute atomic E-state index is 0.0301. The Labute approximate surface area is 164 Å². The molecule has 1 atom stereocenters. The lowest BCUT2D eigenvalue weighted by Gasteiger charge is -2.36. The van der Waals surface area contributed by atoms with Crippen molar-refractivity contribution in [1.82, 2.24) is 0 Å². The topological polar surface area (TPSA) is 55.2 Å². The molecule has 150 valence electrons. The highest BCUT2D eigenvalue weighted by molar-refractivity contribution is 5.93. The summed E-state index contributed by atoms with van der Waals surface area (Å²) in [5.41, 5.74) is 1.70. The Morgan fingerprint density at radius 1 is 1.07 bits per heavy atom. The third kappa shape index (κ3) is 4.54. The number of piperazine rings is 1. The van der Waals surface area contributed by atoms with Crippen molar-refractivity contribution in [3.05, 3.63) is 48.3 Å². The molecule has 2 aromatic rings. The first-order valence-corrected chi connectivity index (χ1v) is 9.40. The molecule has 0 radical (unpaired) electrons. The Hall–Kier alpha value is -2.80. The maximum Gasteiger partial charge on any atom is 0.282 e. The molecule has 0 saturated carbocycles. The van der Waals surface area contributed by atoms with E-state index in [0.717, 1.165) is 31.9 Å². The van der Waals surface area contributed by atoms with Gasteiger partial charge in [0.25, 0.3) is 5.91 Å². The average molecular weight is 388 g/mol. The number of carbonyl (C=O) groups excluding carboxylic acids is 1. The van der Waals surface area contributed by atoms with E-state index in [1.807, 2.05) is 6.92 Å². The quantitative estimate of drug-likeness (QED) is 0.789. The number of halogens is 1. The van der Waals surface area contributed by atoms with Gasteiger partial charge in [-0.1, -0.05) is 0 Å².